The Morgan fingerprint density at radius 1 is 1.10 bits per heavy atom. The van der Waals surface area contributed by atoms with Crippen LogP contribution < -0.4 is 5.32 Å². The predicted octanol–water partition coefficient (Wildman–Crippen LogP) is 1.84. The molecule has 0 aliphatic carbocycles. The second-order valence-electron chi connectivity index (χ2n) is 7.91. The first-order valence-electron chi connectivity index (χ1n) is 11.3. The molecule has 9 nitrogen and oxygen atoms in total. The molecule has 1 aromatic heterocycles. The van der Waals surface area contributed by atoms with Crippen molar-refractivity contribution >= 4 is 27.0 Å². The van der Waals surface area contributed by atoms with Gasteiger partial charge in [0.1, 0.15) is 5.52 Å². The molecule has 0 atom stereocenters. The van der Waals surface area contributed by atoms with Gasteiger partial charge in [0.25, 0.3) is 0 Å². The van der Waals surface area contributed by atoms with Gasteiger partial charge in [-0.05, 0) is 44.1 Å². The predicted molar refractivity (Wildman–Crippen MR) is 120 cm³/mol. The van der Waals surface area contributed by atoms with Gasteiger partial charge in [-0.15, -0.1) is 5.10 Å². The van der Waals surface area contributed by atoms with E-state index in [2.05, 4.69) is 20.5 Å². The smallest absolute Gasteiger partial charge is 0.243 e. The molecule has 1 saturated heterocycles. The van der Waals surface area contributed by atoms with E-state index in [1.165, 1.54) is 30.0 Å². The summed E-state index contributed by atoms with van der Waals surface area (Å²) in [5, 5.41) is 11.2. The van der Waals surface area contributed by atoms with Crippen LogP contribution in [0.4, 0.5) is 0 Å². The van der Waals surface area contributed by atoms with E-state index in [-0.39, 0.29) is 10.8 Å². The van der Waals surface area contributed by atoms with Gasteiger partial charge < -0.3 is 10.2 Å². The Hall–Kier alpha value is -2.04. The summed E-state index contributed by atoms with van der Waals surface area (Å²) in [4.78, 5) is 14.9. The summed E-state index contributed by atoms with van der Waals surface area (Å²) in [6, 6.07) is 4.84. The number of amides is 1. The van der Waals surface area contributed by atoms with Gasteiger partial charge in [-0.3, -0.25) is 4.79 Å². The number of aryl methyl sites for hydroxylation is 1. The maximum absolute atomic E-state index is 12.7. The first-order chi connectivity index (χ1) is 15.0. The lowest BCUT2D eigenvalue weighted by molar-refractivity contribution is -0.121. The number of hydrogen-bond acceptors (Lipinski definition) is 6. The van der Waals surface area contributed by atoms with Crippen molar-refractivity contribution in [2.75, 3.05) is 39.3 Å². The standard InChI is InChI=1S/C21H34N6O3S/c1-3-26(4-2)31(29,30)18-9-10-20-19(17-18)23-24-27(20)15-11-21(28)22-12-16-25-13-7-5-6-8-14-25/h9-10,17H,3-8,11-16H2,1-2H3,(H,22,28). The highest BCUT2D eigenvalue weighted by molar-refractivity contribution is 7.89. The maximum Gasteiger partial charge on any atom is 0.243 e. The largest absolute Gasteiger partial charge is 0.355 e. The van der Waals surface area contributed by atoms with Crippen LogP contribution in [0, 0.1) is 0 Å². The van der Waals surface area contributed by atoms with E-state index in [4.69, 9.17) is 0 Å². The van der Waals surface area contributed by atoms with Crippen molar-refractivity contribution in [3.8, 4) is 0 Å². The molecule has 1 N–H and O–H groups in total. The zero-order chi connectivity index (χ0) is 22.3. The molecular weight excluding hydrogens is 416 g/mol. The number of fused-ring (bicyclic) bond motifs is 1. The number of carbonyl (C=O) groups is 1. The van der Waals surface area contributed by atoms with Crippen LogP contribution in [0.2, 0.25) is 0 Å². The normalized spacial score (nSPS) is 16.0. The van der Waals surface area contributed by atoms with Crippen molar-refractivity contribution in [1.29, 1.82) is 0 Å². The topological polar surface area (TPSA) is 100 Å². The van der Waals surface area contributed by atoms with Crippen molar-refractivity contribution in [3.63, 3.8) is 0 Å². The Morgan fingerprint density at radius 3 is 2.48 bits per heavy atom. The average Bonchev–Trinajstić information content (AvgIpc) is 2.98. The minimum absolute atomic E-state index is 0.0146. The van der Waals surface area contributed by atoms with Crippen LogP contribution in [-0.2, 0) is 21.4 Å². The molecule has 0 unspecified atom stereocenters. The van der Waals surface area contributed by atoms with Crippen LogP contribution in [0.15, 0.2) is 23.1 Å². The van der Waals surface area contributed by atoms with Crippen LogP contribution in [0.1, 0.15) is 46.0 Å². The van der Waals surface area contributed by atoms with E-state index in [1.807, 2.05) is 13.8 Å². The highest BCUT2D eigenvalue weighted by atomic mass is 32.2. The third-order valence-corrected chi connectivity index (χ3v) is 7.87. The lowest BCUT2D eigenvalue weighted by Gasteiger charge is -2.19. The van der Waals surface area contributed by atoms with Crippen LogP contribution >= 0.6 is 0 Å². The summed E-state index contributed by atoms with van der Waals surface area (Å²) < 4.78 is 28.5. The summed E-state index contributed by atoms with van der Waals surface area (Å²) in [7, 11) is -3.54. The summed E-state index contributed by atoms with van der Waals surface area (Å²) in [6.07, 6.45) is 5.39. The molecule has 0 spiro atoms. The molecule has 0 radical (unpaired) electrons. The maximum atomic E-state index is 12.7. The molecule has 0 saturated carbocycles. The fourth-order valence-electron chi connectivity index (χ4n) is 4.00. The second kappa shape index (κ2) is 11.0. The summed E-state index contributed by atoms with van der Waals surface area (Å²) in [5.74, 6) is -0.0146. The molecule has 2 heterocycles. The van der Waals surface area contributed by atoms with Gasteiger partial charge in [-0.2, -0.15) is 4.31 Å². The number of sulfonamides is 1. The van der Waals surface area contributed by atoms with Gasteiger partial charge in [0.2, 0.25) is 15.9 Å². The van der Waals surface area contributed by atoms with Crippen molar-refractivity contribution in [1.82, 2.24) is 29.5 Å². The molecule has 31 heavy (non-hydrogen) atoms. The van der Waals surface area contributed by atoms with Gasteiger partial charge in [0, 0.05) is 32.6 Å². The van der Waals surface area contributed by atoms with Crippen LogP contribution in [0.5, 0.6) is 0 Å². The summed E-state index contributed by atoms with van der Waals surface area (Å²) >= 11 is 0. The Morgan fingerprint density at radius 2 is 1.81 bits per heavy atom. The van der Waals surface area contributed by atoms with Gasteiger partial charge in [0.15, 0.2) is 0 Å². The Bertz CT molecular complexity index is 963. The highest BCUT2D eigenvalue weighted by Crippen LogP contribution is 2.20. The molecule has 1 aliphatic rings. The van der Waals surface area contributed by atoms with Crippen molar-refractivity contribution in [3.05, 3.63) is 18.2 Å². The fourth-order valence-corrected chi connectivity index (χ4v) is 5.48. The van der Waals surface area contributed by atoms with Crippen molar-refractivity contribution in [2.24, 2.45) is 0 Å². The monoisotopic (exact) mass is 450 g/mol. The molecule has 1 amide bonds. The number of aromatic nitrogens is 3. The molecule has 0 bridgehead atoms. The van der Waals surface area contributed by atoms with Gasteiger partial charge >= 0.3 is 0 Å². The molecule has 2 aromatic rings. The number of nitrogens with one attached hydrogen (secondary N) is 1. The number of carbonyl (C=O) groups excluding carboxylic acids is 1. The second-order valence-corrected chi connectivity index (χ2v) is 9.85. The SMILES string of the molecule is CCN(CC)S(=O)(=O)c1ccc2c(c1)nnn2CCC(=O)NCCN1CCCCCC1. The van der Waals surface area contributed by atoms with Crippen LogP contribution in [-0.4, -0.2) is 77.8 Å². The summed E-state index contributed by atoms with van der Waals surface area (Å²) in [6.45, 7) is 8.63. The quantitative estimate of drug-likeness (QED) is 0.593. The molecular formula is C21H34N6O3S. The first-order valence-corrected chi connectivity index (χ1v) is 12.7. The van der Waals surface area contributed by atoms with E-state index in [0.717, 1.165) is 25.2 Å². The van der Waals surface area contributed by atoms with E-state index in [1.54, 1.807) is 22.9 Å². The fraction of sp³-hybridized carbons (Fsp3) is 0.667. The number of hydrogen-bond donors (Lipinski definition) is 1. The first kappa shape index (κ1) is 23.6. The molecule has 1 fully saturated rings. The summed E-state index contributed by atoms with van der Waals surface area (Å²) in [5.41, 5.74) is 1.23. The third kappa shape index (κ3) is 6.02. The average molecular weight is 451 g/mol. The zero-order valence-electron chi connectivity index (χ0n) is 18.6. The Kier molecular flexibility index (Phi) is 8.39. The number of likely N-dealkylation sites (tertiary alicyclic amines) is 1. The molecule has 1 aromatic carbocycles. The zero-order valence-corrected chi connectivity index (χ0v) is 19.4. The van der Waals surface area contributed by atoms with E-state index >= 15 is 0 Å². The van der Waals surface area contributed by atoms with Gasteiger partial charge in [-0.25, -0.2) is 13.1 Å². The van der Waals surface area contributed by atoms with Crippen LogP contribution in [0.25, 0.3) is 11.0 Å². The van der Waals surface area contributed by atoms with E-state index in [9.17, 15) is 13.2 Å². The third-order valence-electron chi connectivity index (χ3n) is 5.83. The molecule has 1 aliphatic heterocycles. The van der Waals surface area contributed by atoms with Crippen LogP contribution in [0.3, 0.4) is 0 Å². The number of rotatable bonds is 10. The minimum Gasteiger partial charge on any atom is -0.355 e. The molecule has 3 rings (SSSR count). The van der Waals surface area contributed by atoms with E-state index in [0.29, 0.717) is 38.1 Å². The highest BCUT2D eigenvalue weighted by Gasteiger charge is 2.22. The molecule has 10 heteroatoms. The lowest BCUT2D eigenvalue weighted by atomic mass is 10.2. The number of nitrogens with zero attached hydrogens (tertiary/aromatic N) is 5. The number of benzene rings is 1. The Balaban J connectivity index is 1.54. The van der Waals surface area contributed by atoms with Gasteiger partial charge in [-0.1, -0.05) is 31.9 Å². The minimum atomic E-state index is -3.54. The Labute approximate surface area is 184 Å². The van der Waals surface area contributed by atoms with Crippen molar-refractivity contribution in [2.45, 2.75) is 57.4 Å². The van der Waals surface area contributed by atoms with Gasteiger partial charge in [0.05, 0.1) is 17.0 Å². The van der Waals surface area contributed by atoms with Crippen molar-refractivity contribution < 1.29 is 13.2 Å². The molecule has 172 valence electrons. The van der Waals surface area contributed by atoms with E-state index < -0.39 is 10.0 Å². The lowest BCUT2D eigenvalue weighted by Crippen LogP contribution is -2.35.